The number of anilines is 1. The number of carbonyl (C=O) groups excluding carboxylic acids is 1. The number of carbonyl (C=O) groups is 1. The van der Waals surface area contributed by atoms with Crippen LogP contribution in [0, 0.1) is 0 Å². The summed E-state index contributed by atoms with van der Waals surface area (Å²) in [5, 5.41) is 6.12. The summed E-state index contributed by atoms with van der Waals surface area (Å²) in [4.78, 5) is 29.7. The molecule has 7 nitrogen and oxygen atoms in total. The molecule has 0 saturated carbocycles. The number of amides is 1. The highest BCUT2D eigenvalue weighted by Gasteiger charge is 2.29. The number of methoxy groups -OCH3 is 1. The van der Waals surface area contributed by atoms with Crippen LogP contribution in [0.4, 0.5) is 5.69 Å². The van der Waals surface area contributed by atoms with Crippen LogP contribution in [0.25, 0.3) is 27.5 Å². The number of aromatic nitrogens is 3. The van der Waals surface area contributed by atoms with Gasteiger partial charge in [-0.3, -0.25) is 9.59 Å². The van der Waals surface area contributed by atoms with Gasteiger partial charge in [-0.05, 0) is 54.8 Å². The number of hydrogen-bond acceptors (Lipinski definition) is 4. The summed E-state index contributed by atoms with van der Waals surface area (Å²) in [6.07, 6.45) is 1.81. The third kappa shape index (κ3) is 3.23. The van der Waals surface area contributed by atoms with E-state index in [2.05, 4.69) is 6.07 Å². The second-order valence-corrected chi connectivity index (χ2v) is 8.75. The highest BCUT2D eigenvalue weighted by Crippen LogP contribution is 2.32. The molecule has 0 saturated heterocycles. The van der Waals surface area contributed by atoms with Crippen molar-refractivity contribution in [2.24, 2.45) is 7.05 Å². The van der Waals surface area contributed by atoms with E-state index in [1.54, 1.807) is 36.3 Å². The predicted molar refractivity (Wildman–Crippen MR) is 137 cm³/mol. The number of benzene rings is 3. The molecular formula is C28H24N4O3. The quantitative estimate of drug-likeness (QED) is 0.395. The smallest absolute Gasteiger partial charge is 0.296 e. The first-order valence-electron chi connectivity index (χ1n) is 11.6. The van der Waals surface area contributed by atoms with Crippen LogP contribution in [0.1, 0.15) is 22.5 Å². The Morgan fingerprint density at radius 1 is 0.971 bits per heavy atom. The minimum atomic E-state index is -0.278. The predicted octanol–water partition coefficient (Wildman–Crippen LogP) is 4.48. The first-order chi connectivity index (χ1) is 17.1. The zero-order chi connectivity index (χ0) is 24.1. The number of nitrogens with zero attached hydrogens (tertiary/aromatic N) is 4. The van der Waals surface area contributed by atoms with Crippen molar-refractivity contribution in [1.82, 2.24) is 14.3 Å². The van der Waals surface area contributed by atoms with Gasteiger partial charge in [0.05, 0.1) is 12.8 Å². The van der Waals surface area contributed by atoms with Gasteiger partial charge in [0.1, 0.15) is 11.3 Å². The van der Waals surface area contributed by atoms with Gasteiger partial charge in [-0.25, -0.2) is 0 Å². The minimum Gasteiger partial charge on any atom is -0.497 e. The fourth-order valence-electron chi connectivity index (χ4n) is 5.10. The van der Waals surface area contributed by atoms with E-state index in [1.165, 1.54) is 4.68 Å². The minimum absolute atomic E-state index is 0.208. The van der Waals surface area contributed by atoms with Crippen LogP contribution in [0.3, 0.4) is 0 Å². The van der Waals surface area contributed by atoms with Crippen LogP contribution >= 0.6 is 0 Å². The van der Waals surface area contributed by atoms with Crippen LogP contribution < -0.4 is 15.2 Å². The van der Waals surface area contributed by atoms with E-state index in [1.807, 2.05) is 54.1 Å². The Kier molecular flexibility index (Phi) is 4.91. The summed E-state index contributed by atoms with van der Waals surface area (Å²) >= 11 is 0. The van der Waals surface area contributed by atoms with Gasteiger partial charge in [0.2, 0.25) is 0 Å². The normalized spacial score (nSPS) is 13.3. The number of hydrogen-bond donors (Lipinski definition) is 0. The number of fused-ring (bicyclic) bond motifs is 4. The Hall–Kier alpha value is -4.39. The molecule has 3 heterocycles. The topological polar surface area (TPSA) is 69.4 Å². The van der Waals surface area contributed by atoms with Gasteiger partial charge in [0.25, 0.3) is 11.5 Å². The molecule has 0 aliphatic carbocycles. The molecule has 2 aromatic heterocycles. The van der Waals surface area contributed by atoms with E-state index in [0.29, 0.717) is 28.9 Å². The number of ether oxygens (including phenoxy) is 1. The summed E-state index contributed by atoms with van der Waals surface area (Å²) < 4.78 is 8.45. The molecule has 1 aliphatic rings. The van der Waals surface area contributed by atoms with E-state index in [4.69, 9.17) is 9.84 Å². The zero-order valence-electron chi connectivity index (χ0n) is 19.6. The van der Waals surface area contributed by atoms with E-state index < -0.39 is 0 Å². The van der Waals surface area contributed by atoms with Crippen LogP contribution in [0.15, 0.2) is 77.6 Å². The van der Waals surface area contributed by atoms with E-state index in [9.17, 15) is 9.59 Å². The highest BCUT2D eigenvalue weighted by molar-refractivity contribution is 6.20. The molecule has 7 heteroatoms. The average Bonchev–Trinajstić information content (AvgIpc) is 3.21. The van der Waals surface area contributed by atoms with Gasteiger partial charge in [0, 0.05) is 35.6 Å². The molecule has 3 aromatic carbocycles. The Balaban J connectivity index is 1.65. The van der Waals surface area contributed by atoms with Crippen LogP contribution in [-0.4, -0.2) is 33.9 Å². The lowest BCUT2D eigenvalue weighted by molar-refractivity contribution is 0.0980. The van der Waals surface area contributed by atoms with Crippen LogP contribution in [-0.2, 0) is 13.5 Å². The Morgan fingerprint density at radius 2 is 1.71 bits per heavy atom. The lowest BCUT2D eigenvalue weighted by atomic mass is 10.0. The van der Waals surface area contributed by atoms with Gasteiger partial charge < -0.3 is 14.2 Å². The van der Waals surface area contributed by atoms with Crippen molar-refractivity contribution >= 4 is 33.4 Å². The molecule has 6 rings (SSSR count). The van der Waals surface area contributed by atoms with E-state index in [0.717, 1.165) is 35.0 Å². The van der Waals surface area contributed by atoms with Crippen molar-refractivity contribution in [1.29, 1.82) is 0 Å². The Bertz CT molecular complexity index is 1660. The van der Waals surface area contributed by atoms with Crippen LogP contribution in [0.2, 0.25) is 0 Å². The summed E-state index contributed by atoms with van der Waals surface area (Å²) in [6, 6.07) is 22.8. The first kappa shape index (κ1) is 21.2. The average molecular weight is 465 g/mol. The molecule has 0 radical (unpaired) electrons. The van der Waals surface area contributed by atoms with Crippen molar-refractivity contribution < 1.29 is 9.53 Å². The maximum atomic E-state index is 14.1. The van der Waals surface area contributed by atoms with Gasteiger partial charge in [-0.15, -0.1) is 0 Å². The molecule has 5 aromatic rings. The van der Waals surface area contributed by atoms with Crippen molar-refractivity contribution in [2.75, 3.05) is 18.6 Å². The van der Waals surface area contributed by atoms with E-state index >= 15 is 0 Å². The molecule has 0 N–H and O–H groups in total. The molecule has 35 heavy (non-hydrogen) atoms. The van der Waals surface area contributed by atoms with Crippen molar-refractivity contribution in [3.05, 3.63) is 94.4 Å². The second-order valence-electron chi connectivity index (χ2n) is 8.75. The van der Waals surface area contributed by atoms with Crippen molar-refractivity contribution in [3.63, 3.8) is 0 Å². The Morgan fingerprint density at radius 3 is 2.51 bits per heavy atom. The molecular weight excluding hydrogens is 440 g/mol. The maximum absolute atomic E-state index is 14.1. The van der Waals surface area contributed by atoms with Gasteiger partial charge in [-0.1, -0.05) is 36.4 Å². The molecule has 0 spiro atoms. The number of rotatable bonds is 3. The maximum Gasteiger partial charge on any atom is 0.296 e. The highest BCUT2D eigenvalue weighted by atomic mass is 16.5. The largest absolute Gasteiger partial charge is 0.497 e. The standard InChI is InChI=1S/C28H24N4O3/c1-30-23-12-6-4-10-21(23)24-25(27(33)31-17-7-9-18-8-3-5-11-22(18)31)29-32(28(34)26(24)30)19-13-15-20(35-2)16-14-19/h3-6,8,10-16H,7,9,17H2,1-2H3. The fourth-order valence-corrected chi connectivity index (χ4v) is 5.10. The van der Waals surface area contributed by atoms with E-state index in [-0.39, 0.29) is 17.2 Å². The number of para-hydroxylation sites is 2. The second kappa shape index (κ2) is 8.13. The first-order valence-corrected chi connectivity index (χ1v) is 11.6. The lowest BCUT2D eigenvalue weighted by Gasteiger charge is -2.29. The summed E-state index contributed by atoms with van der Waals surface area (Å²) in [5.41, 5.74) is 3.93. The van der Waals surface area contributed by atoms with Gasteiger partial charge in [0.15, 0.2) is 5.69 Å². The number of aryl methyl sites for hydroxylation is 2. The third-order valence-corrected chi connectivity index (χ3v) is 6.81. The third-order valence-electron chi connectivity index (χ3n) is 6.81. The van der Waals surface area contributed by atoms with Gasteiger partial charge >= 0.3 is 0 Å². The molecule has 0 atom stereocenters. The molecule has 0 unspecified atom stereocenters. The summed E-state index contributed by atoms with van der Waals surface area (Å²) in [5.74, 6) is 0.467. The van der Waals surface area contributed by atoms with Crippen molar-refractivity contribution in [3.8, 4) is 11.4 Å². The molecule has 174 valence electrons. The summed E-state index contributed by atoms with van der Waals surface area (Å²) in [6.45, 7) is 0.603. The summed E-state index contributed by atoms with van der Waals surface area (Å²) in [7, 11) is 3.45. The molecule has 1 amide bonds. The SMILES string of the molecule is COc1ccc(-n2nc(C(=O)N3CCCc4ccccc43)c3c4ccccc4n(C)c3c2=O)cc1. The van der Waals surface area contributed by atoms with Gasteiger partial charge in [-0.2, -0.15) is 9.78 Å². The van der Waals surface area contributed by atoms with Crippen LogP contribution in [0.5, 0.6) is 5.75 Å². The molecule has 0 fully saturated rings. The molecule has 0 bridgehead atoms. The monoisotopic (exact) mass is 464 g/mol. The molecule has 1 aliphatic heterocycles. The van der Waals surface area contributed by atoms with Crippen molar-refractivity contribution in [2.45, 2.75) is 12.8 Å². The fraction of sp³-hybridized carbons (Fsp3) is 0.179. The lowest BCUT2D eigenvalue weighted by Crippen LogP contribution is -2.37. The zero-order valence-corrected chi connectivity index (χ0v) is 19.6. The Labute approximate surface area is 201 Å².